The Kier molecular flexibility index (Phi) is 12.5. The van der Waals surface area contributed by atoms with Gasteiger partial charge in [0.15, 0.2) is 5.54 Å². The normalized spacial score (nSPS) is 16.3. The van der Waals surface area contributed by atoms with Crippen LogP contribution in [0.2, 0.25) is 0 Å². The zero-order chi connectivity index (χ0) is 46.6. The number of benzene rings is 3. The first kappa shape index (κ1) is 46.9. The molecule has 0 saturated carbocycles. The Morgan fingerprint density at radius 3 is 2.24 bits per heavy atom. The number of hydrogen-bond acceptors (Lipinski definition) is 12. The summed E-state index contributed by atoms with van der Waals surface area (Å²) in [5, 5.41) is 7.02. The highest BCUT2D eigenvalue weighted by atomic mass is 32.2. The highest BCUT2D eigenvalue weighted by Crippen LogP contribution is 2.47. The predicted octanol–water partition coefficient (Wildman–Crippen LogP) is 2.77. The average molecular weight is 926 g/mol. The van der Waals surface area contributed by atoms with Gasteiger partial charge in [0.25, 0.3) is 32.1 Å². The van der Waals surface area contributed by atoms with E-state index in [1.54, 1.807) is 50.5 Å². The number of hydrogen-bond donors (Lipinski definition) is 3. The molecule has 0 saturated heterocycles. The first-order chi connectivity index (χ1) is 29.1. The molecule has 2 amide bonds. The number of anilines is 1. The van der Waals surface area contributed by atoms with Gasteiger partial charge in [-0.1, -0.05) is 17.3 Å². The topological polar surface area (TPSA) is 280 Å². The smallest absolute Gasteiger partial charge is 0.269 e. The Labute approximate surface area is 364 Å². The summed E-state index contributed by atoms with van der Waals surface area (Å²) in [7, 11) is -8.98. The molecular formula is C41H47N7O12S3. The van der Waals surface area contributed by atoms with Gasteiger partial charge in [-0.3, -0.25) is 18.7 Å². The number of nitrogens with zero attached hydrogens (tertiary/aromatic N) is 6. The summed E-state index contributed by atoms with van der Waals surface area (Å²) in [6, 6.07) is 11.0. The fourth-order valence-electron chi connectivity index (χ4n) is 7.91. The second-order valence-corrected chi connectivity index (χ2v) is 21.2. The van der Waals surface area contributed by atoms with Gasteiger partial charge >= 0.3 is 0 Å². The largest absolute Gasteiger partial charge is 0.748 e. The molecule has 3 aromatic carbocycles. The number of likely N-dealkylation sites (N-methyl/N-ethyl adjacent to an activating group) is 2. The molecule has 3 heterocycles. The summed E-state index contributed by atoms with van der Waals surface area (Å²) in [6.07, 6.45) is 3.70. The molecule has 3 aromatic rings. The van der Waals surface area contributed by atoms with E-state index in [1.807, 2.05) is 37.2 Å². The third-order valence-corrected chi connectivity index (χ3v) is 13.5. The van der Waals surface area contributed by atoms with Gasteiger partial charge in [0.2, 0.25) is 5.36 Å². The van der Waals surface area contributed by atoms with Crippen LogP contribution in [-0.4, -0.2) is 125 Å². The van der Waals surface area contributed by atoms with E-state index >= 15 is 0 Å². The number of amides is 2. The summed E-state index contributed by atoms with van der Waals surface area (Å²) >= 11 is 0. The summed E-state index contributed by atoms with van der Waals surface area (Å²) in [5.41, 5.74) is 9.53. The minimum atomic E-state index is -4.81. The van der Waals surface area contributed by atoms with Gasteiger partial charge in [0.1, 0.15) is 24.3 Å². The van der Waals surface area contributed by atoms with Crippen molar-refractivity contribution >= 4 is 64.6 Å². The third-order valence-electron chi connectivity index (χ3n) is 11.4. The molecule has 0 atom stereocenters. The van der Waals surface area contributed by atoms with E-state index in [4.69, 9.17) is 10.3 Å². The number of nitrogens with one attached hydrogen (secondary N) is 1. The van der Waals surface area contributed by atoms with E-state index in [-0.39, 0.29) is 52.4 Å². The minimum absolute atomic E-state index is 0.0232. The molecule has 0 spiro atoms. The van der Waals surface area contributed by atoms with Crippen LogP contribution in [0.15, 0.2) is 59.7 Å². The fourth-order valence-corrected chi connectivity index (χ4v) is 9.66. The summed E-state index contributed by atoms with van der Waals surface area (Å²) < 4.78 is 114. The van der Waals surface area contributed by atoms with E-state index in [9.17, 15) is 48.5 Å². The molecule has 336 valence electrons. The second-order valence-electron chi connectivity index (χ2n) is 16.7. The molecule has 19 nitrogen and oxygen atoms in total. The maximum absolute atomic E-state index is 14.6. The van der Waals surface area contributed by atoms with Gasteiger partial charge in [-0.05, 0) is 72.9 Å². The molecule has 0 bridgehead atoms. The number of fused-ring (bicyclic) bond motifs is 4. The average Bonchev–Trinajstić information content (AvgIpc) is 3.16. The van der Waals surface area contributed by atoms with Crippen molar-refractivity contribution in [2.75, 3.05) is 62.9 Å². The minimum Gasteiger partial charge on any atom is -0.748 e. The molecule has 0 radical (unpaired) electrons. The Hall–Kier alpha value is -5.61. The van der Waals surface area contributed by atoms with Crippen molar-refractivity contribution in [3.8, 4) is 11.5 Å². The lowest BCUT2D eigenvalue weighted by Gasteiger charge is -2.42. The lowest BCUT2D eigenvalue weighted by molar-refractivity contribution is 0.0802. The van der Waals surface area contributed by atoms with Crippen LogP contribution in [0.25, 0.3) is 27.2 Å². The quantitative estimate of drug-likeness (QED) is 0.0410. The lowest BCUT2D eigenvalue weighted by Crippen LogP contribution is -2.47. The van der Waals surface area contributed by atoms with Gasteiger partial charge in [0.05, 0.1) is 38.8 Å². The Morgan fingerprint density at radius 2 is 1.60 bits per heavy atom. The zero-order valence-corrected chi connectivity index (χ0v) is 38.0. The van der Waals surface area contributed by atoms with E-state index in [0.29, 0.717) is 44.9 Å². The van der Waals surface area contributed by atoms with Crippen molar-refractivity contribution in [2.24, 2.45) is 5.11 Å². The van der Waals surface area contributed by atoms with Gasteiger partial charge < -0.3 is 24.4 Å². The second kappa shape index (κ2) is 16.8. The van der Waals surface area contributed by atoms with Crippen LogP contribution in [0, 0.1) is 0 Å². The fraction of sp³-hybridized carbons (Fsp3) is 0.390. The number of ether oxygens (including phenoxy) is 1. The van der Waals surface area contributed by atoms with Crippen molar-refractivity contribution in [3.63, 3.8) is 0 Å². The van der Waals surface area contributed by atoms with E-state index < -0.39 is 77.0 Å². The van der Waals surface area contributed by atoms with Crippen LogP contribution in [-0.2, 0) is 30.4 Å². The highest BCUT2D eigenvalue weighted by Gasteiger charge is 2.37. The van der Waals surface area contributed by atoms with Gasteiger partial charge in [0, 0.05) is 97.3 Å². The first-order valence-corrected chi connectivity index (χ1v) is 24.3. The van der Waals surface area contributed by atoms with Gasteiger partial charge in [-0.25, -0.2) is 13.0 Å². The van der Waals surface area contributed by atoms with Crippen LogP contribution in [0.4, 0.5) is 5.69 Å². The Balaban J connectivity index is 1.72. The van der Waals surface area contributed by atoms with Crippen molar-refractivity contribution in [1.29, 1.82) is 0 Å². The van der Waals surface area contributed by atoms with Crippen LogP contribution in [0.3, 0.4) is 0 Å². The SMILES string of the molecule is CN(CCS(=O)(=O)O)C(=O)c1cc(C(=O)NCCCN=[N+]=[N-])ccc1C1=c2cc3c(cc2Oc2cc4c(cc21)C(CS(=O)(=O)[O-])=CC(C)(C)N4C)=[N+](C)C(C)(C)C=C3CS(=O)(=O)O. The number of rotatable bonds is 14. The Morgan fingerprint density at radius 1 is 0.921 bits per heavy atom. The van der Waals surface area contributed by atoms with Crippen molar-refractivity contribution in [2.45, 2.75) is 45.2 Å². The van der Waals surface area contributed by atoms with Gasteiger partial charge in [-0.2, -0.15) is 16.8 Å². The monoisotopic (exact) mass is 925 g/mol. The molecule has 0 fully saturated rings. The maximum Gasteiger partial charge on any atom is 0.269 e. The molecule has 0 aliphatic carbocycles. The van der Waals surface area contributed by atoms with Gasteiger partial charge in [-0.15, -0.1) is 0 Å². The molecule has 3 aliphatic rings. The molecule has 3 N–H and O–H groups in total. The molecule has 22 heteroatoms. The van der Waals surface area contributed by atoms with Crippen molar-refractivity contribution in [3.05, 3.63) is 109 Å². The van der Waals surface area contributed by atoms with Crippen LogP contribution in [0.5, 0.6) is 11.5 Å². The standard InChI is InChI=1S/C41H47N7O12S3/c1-40(2)20-25(22-62(54,55)56)28-16-31-35(18-33(28)47(40)6)60-36-19-34-29(26(23-63(57,58)59)21-41(3,4)48(34)7)17-32(36)37(31)27-10-9-24(38(49)43-11-8-12-44-45-42)15-30(27)39(50)46(5)13-14-61(51,52)53/h9-10,15-21H,8,11-14,22-23H2,1-7H3,(H3-,43,49,51,52,53,54,55,56,57,58,59). The van der Waals surface area contributed by atoms with E-state index in [2.05, 4.69) is 15.3 Å². The molecule has 63 heavy (non-hydrogen) atoms. The molecule has 6 rings (SSSR count). The van der Waals surface area contributed by atoms with E-state index in [1.165, 1.54) is 25.2 Å². The summed E-state index contributed by atoms with van der Waals surface area (Å²) in [4.78, 5) is 33.7. The molecule has 0 aromatic heterocycles. The molecule has 0 unspecified atom stereocenters. The number of azide groups is 1. The maximum atomic E-state index is 14.6. The number of carbonyl (C=O) groups excluding carboxylic acids is 2. The summed E-state index contributed by atoms with van der Waals surface area (Å²) in [5.74, 6) is -3.26. The predicted molar refractivity (Wildman–Crippen MR) is 235 cm³/mol. The van der Waals surface area contributed by atoms with E-state index in [0.717, 1.165) is 4.90 Å². The van der Waals surface area contributed by atoms with Crippen LogP contribution < -0.4 is 30.1 Å². The first-order valence-electron chi connectivity index (χ1n) is 19.5. The van der Waals surface area contributed by atoms with Crippen LogP contribution >= 0.6 is 0 Å². The number of carbonyl (C=O) groups is 2. The molecule has 3 aliphatic heterocycles. The summed E-state index contributed by atoms with van der Waals surface area (Å²) in [6.45, 7) is 7.19. The van der Waals surface area contributed by atoms with Crippen LogP contribution in [0.1, 0.15) is 77.1 Å². The lowest BCUT2D eigenvalue weighted by atomic mass is 9.83. The van der Waals surface area contributed by atoms with Crippen molar-refractivity contribution < 1.29 is 53.2 Å². The Bertz CT molecular complexity index is 3060. The third kappa shape index (κ3) is 10.1. The molecular weight excluding hydrogens is 879 g/mol. The zero-order valence-electron chi connectivity index (χ0n) is 35.5. The van der Waals surface area contributed by atoms with Crippen molar-refractivity contribution in [1.82, 2.24) is 14.8 Å². The highest BCUT2D eigenvalue weighted by molar-refractivity contribution is 7.86.